The predicted molar refractivity (Wildman–Crippen MR) is 59.1 cm³/mol. The molecule has 6 heteroatoms. The van der Waals surface area contributed by atoms with Crippen molar-refractivity contribution in [1.29, 1.82) is 0 Å². The Bertz CT molecular complexity index is 266. The van der Waals surface area contributed by atoms with Gasteiger partial charge in [0.05, 0.1) is 26.3 Å². The second kappa shape index (κ2) is 7.56. The average Bonchev–Trinajstić information content (AvgIpc) is 2.27. The van der Waals surface area contributed by atoms with Crippen molar-refractivity contribution in [3.05, 3.63) is 12.2 Å². The van der Waals surface area contributed by atoms with E-state index in [2.05, 4.69) is 20.1 Å². The van der Waals surface area contributed by atoms with E-state index in [9.17, 15) is 9.59 Å². The lowest BCUT2D eigenvalue weighted by atomic mass is 10.1. The lowest BCUT2D eigenvalue weighted by Gasteiger charge is -2.22. The molecule has 2 atom stereocenters. The van der Waals surface area contributed by atoms with E-state index in [0.717, 1.165) is 0 Å². The second-order valence-corrected chi connectivity index (χ2v) is 3.11. The molecule has 0 aliphatic heterocycles. The number of carbonyl (C=O) groups is 2. The highest BCUT2D eigenvalue weighted by molar-refractivity contribution is 5.69. The number of allylic oxidation sites excluding steroid dienone is 1. The van der Waals surface area contributed by atoms with Crippen molar-refractivity contribution in [2.75, 3.05) is 14.2 Å². The summed E-state index contributed by atoms with van der Waals surface area (Å²) < 4.78 is 8.94. The minimum Gasteiger partial charge on any atom is -0.453 e. The molecule has 0 saturated heterocycles. The van der Waals surface area contributed by atoms with Crippen LogP contribution in [0.4, 0.5) is 9.59 Å². The van der Waals surface area contributed by atoms with Crippen LogP contribution in [0.3, 0.4) is 0 Å². The Morgan fingerprint density at radius 1 is 1.12 bits per heavy atom. The summed E-state index contributed by atoms with van der Waals surface area (Å²) in [5.41, 5.74) is 0. The molecule has 16 heavy (non-hydrogen) atoms. The molecule has 2 N–H and O–H groups in total. The highest BCUT2D eigenvalue weighted by atomic mass is 16.5. The van der Waals surface area contributed by atoms with Crippen molar-refractivity contribution in [2.24, 2.45) is 0 Å². The Labute approximate surface area is 95.0 Å². The third-order valence-corrected chi connectivity index (χ3v) is 1.94. The molecule has 0 heterocycles. The zero-order chi connectivity index (χ0) is 12.6. The highest BCUT2D eigenvalue weighted by Gasteiger charge is 2.18. The number of rotatable bonds is 4. The Morgan fingerprint density at radius 2 is 1.62 bits per heavy atom. The van der Waals surface area contributed by atoms with Crippen molar-refractivity contribution >= 4 is 12.2 Å². The van der Waals surface area contributed by atoms with Gasteiger partial charge in [-0.3, -0.25) is 0 Å². The molecule has 0 saturated carbocycles. The van der Waals surface area contributed by atoms with Gasteiger partial charge < -0.3 is 20.1 Å². The fourth-order valence-corrected chi connectivity index (χ4v) is 1.08. The summed E-state index contributed by atoms with van der Waals surface area (Å²) in [6.45, 7) is 3.56. The van der Waals surface area contributed by atoms with Gasteiger partial charge in [0.2, 0.25) is 0 Å². The Hall–Kier alpha value is -1.72. The number of hydrogen-bond acceptors (Lipinski definition) is 4. The first-order chi connectivity index (χ1) is 7.54. The van der Waals surface area contributed by atoms with Crippen molar-refractivity contribution in [1.82, 2.24) is 10.6 Å². The fourth-order valence-electron chi connectivity index (χ4n) is 1.08. The predicted octanol–water partition coefficient (Wildman–Crippen LogP) is 1.03. The van der Waals surface area contributed by atoms with Crippen molar-refractivity contribution in [2.45, 2.75) is 25.9 Å². The van der Waals surface area contributed by atoms with E-state index in [-0.39, 0.29) is 12.1 Å². The molecule has 2 amide bonds. The van der Waals surface area contributed by atoms with Gasteiger partial charge in [0.25, 0.3) is 0 Å². The molecular formula is C10H18N2O4. The monoisotopic (exact) mass is 230 g/mol. The number of hydrogen-bond donors (Lipinski definition) is 2. The maximum absolute atomic E-state index is 11.0. The third-order valence-electron chi connectivity index (χ3n) is 1.94. The molecule has 0 bridgehead atoms. The van der Waals surface area contributed by atoms with Gasteiger partial charge in [-0.25, -0.2) is 9.59 Å². The Kier molecular flexibility index (Phi) is 6.74. The molecule has 0 rings (SSSR count). The van der Waals surface area contributed by atoms with E-state index in [4.69, 9.17) is 0 Å². The van der Waals surface area contributed by atoms with Crippen LogP contribution in [0.1, 0.15) is 13.8 Å². The van der Waals surface area contributed by atoms with Gasteiger partial charge in [-0.1, -0.05) is 12.2 Å². The van der Waals surface area contributed by atoms with Crippen LogP contribution in [0.15, 0.2) is 12.2 Å². The highest BCUT2D eigenvalue weighted by Crippen LogP contribution is 1.97. The van der Waals surface area contributed by atoms with E-state index >= 15 is 0 Å². The number of alkyl carbamates (subject to hydrolysis) is 2. The van der Waals surface area contributed by atoms with E-state index in [0.29, 0.717) is 0 Å². The SMILES string of the molecule is C/C=C/[C@H](NC(=O)OC)[C@H](C)NC(=O)OC. The topological polar surface area (TPSA) is 76.7 Å². The molecule has 92 valence electrons. The first kappa shape index (κ1) is 14.3. The molecule has 0 unspecified atom stereocenters. The summed E-state index contributed by atoms with van der Waals surface area (Å²) in [7, 11) is 2.56. The van der Waals surface area contributed by atoms with Gasteiger partial charge in [-0.2, -0.15) is 0 Å². The largest absolute Gasteiger partial charge is 0.453 e. The van der Waals surface area contributed by atoms with Gasteiger partial charge in [0.1, 0.15) is 0 Å². The minimum atomic E-state index is -0.554. The summed E-state index contributed by atoms with van der Waals surface area (Å²) >= 11 is 0. The molecule has 0 fully saturated rings. The molecular weight excluding hydrogens is 212 g/mol. The molecule has 0 aromatic heterocycles. The smallest absolute Gasteiger partial charge is 0.407 e. The molecule has 0 aromatic rings. The number of amides is 2. The first-order valence-corrected chi connectivity index (χ1v) is 4.87. The van der Waals surface area contributed by atoms with Gasteiger partial charge >= 0.3 is 12.2 Å². The van der Waals surface area contributed by atoms with Gasteiger partial charge in [-0.05, 0) is 13.8 Å². The molecule has 0 aliphatic rings. The summed E-state index contributed by atoms with van der Waals surface area (Å²) in [6, 6.07) is -0.653. The van der Waals surface area contributed by atoms with Crippen LogP contribution in [0.2, 0.25) is 0 Å². The number of ether oxygens (including phenoxy) is 2. The molecule has 0 radical (unpaired) electrons. The Balaban J connectivity index is 4.39. The molecule has 6 nitrogen and oxygen atoms in total. The number of methoxy groups -OCH3 is 2. The zero-order valence-corrected chi connectivity index (χ0v) is 9.94. The standard InChI is InChI=1S/C10H18N2O4/c1-5-6-8(12-10(14)16-4)7(2)11-9(13)15-3/h5-8H,1-4H3,(H,11,13)(H,12,14)/b6-5+/t7-,8-/m0/s1. The third kappa shape index (κ3) is 5.23. The summed E-state index contributed by atoms with van der Waals surface area (Å²) in [6.07, 6.45) is 2.42. The van der Waals surface area contributed by atoms with E-state index in [1.807, 2.05) is 6.92 Å². The maximum Gasteiger partial charge on any atom is 0.407 e. The summed E-state index contributed by atoms with van der Waals surface area (Å²) in [5, 5.41) is 5.14. The average molecular weight is 230 g/mol. The van der Waals surface area contributed by atoms with Gasteiger partial charge in [0, 0.05) is 0 Å². The number of carbonyl (C=O) groups excluding carboxylic acids is 2. The van der Waals surface area contributed by atoms with Crippen LogP contribution in [-0.4, -0.2) is 38.5 Å². The fraction of sp³-hybridized carbons (Fsp3) is 0.600. The first-order valence-electron chi connectivity index (χ1n) is 4.87. The van der Waals surface area contributed by atoms with E-state index in [1.165, 1.54) is 14.2 Å². The normalized spacial score (nSPS) is 14.0. The van der Waals surface area contributed by atoms with E-state index in [1.54, 1.807) is 19.1 Å². The maximum atomic E-state index is 11.0. The van der Waals surface area contributed by atoms with Gasteiger partial charge in [-0.15, -0.1) is 0 Å². The van der Waals surface area contributed by atoms with E-state index < -0.39 is 12.2 Å². The zero-order valence-electron chi connectivity index (χ0n) is 9.94. The lowest BCUT2D eigenvalue weighted by Crippen LogP contribution is -2.49. The minimum absolute atomic E-state index is 0.303. The van der Waals surface area contributed by atoms with Gasteiger partial charge in [0.15, 0.2) is 0 Å². The lowest BCUT2D eigenvalue weighted by molar-refractivity contribution is 0.158. The molecule has 0 aromatic carbocycles. The van der Waals surface area contributed by atoms with Crippen LogP contribution in [0, 0.1) is 0 Å². The summed E-state index contributed by atoms with van der Waals surface area (Å²) in [4.78, 5) is 22.0. The van der Waals surface area contributed by atoms with Crippen molar-refractivity contribution in [3.63, 3.8) is 0 Å². The number of nitrogens with one attached hydrogen (secondary N) is 2. The van der Waals surface area contributed by atoms with Crippen molar-refractivity contribution < 1.29 is 19.1 Å². The molecule has 0 aliphatic carbocycles. The summed E-state index contributed by atoms with van der Waals surface area (Å²) in [5.74, 6) is 0. The van der Waals surface area contributed by atoms with Crippen LogP contribution < -0.4 is 10.6 Å². The quantitative estimate of drug-likeness (QED) is 0.707. The van der Waals surface area contributed by atoms with Crippen molar-refractivity contribution in [3.8, 4) is 0 Å². The van der Waals surface area contributed by atoms with Crippen LogP contribution in [0.5, 0.6) is 0 Å². The molecule has 0 spiro atoms. The Morgan fingerprint density at radius 3 is 2.06 bits per heavy atom. The second-order valence-electron chi connectivity index (χ2n) is 3.11. The van der Waals surface area contributed by atoms with Crippen LogP contribution in [0.25, 0.3) is 0 Å². The van der Waals surface area contributed by atoms with Crippen LogP contribution >= 0.6 is 0 Å². The van der Waals surface area contributed by atoms with Crippen LogP contribution in [-0.2, 0) is 9.47 Å².